The lowest BCUT2D eigenvalue weighted by Gasteiger charge is -2.13. The van der Waals surface area contributed by atoms with E-state index in [9.17, 15) is 0 Å². The van der Waals surface area contributed by atoms with E-state index in [0.717, 1.165) is 17.0 Å². The second kappa shape index (κ2) is 6.79. The fourth-order valence-electron chi connectivity index (χ4n) is 2.07. The molecule has 2 aromatic rings. The van der Waals surface area contributed by atoms with E-state index in [4.69, 9.17) is 14.2 Å². The van der Waals surface area contributed by atoms with Crippen LogP contribution in [0.5, 0.6) is 17.2 Å². The van der Waals surface area contributed by atoms with Crippen molar-refractivity contribution in [3.05, 3.63) is 48.0 Å². The SMILES string of the molecule is COc1cc(N=C(C)c2ccccc2)cc(OC)c1OC. The van der Waals surface area contributed by atoms with Crippen LogP contribution in [0, 0.1) is 0 Å². The first kappa shape index (κ1) is 14.9. The Kier molecular flexibility index (Phi) is 4.82. The van der Waals surface area contributed by atoms with Crippen LogP contribution in [0.1, 0.15) is 12.5 Å². The van der Waals surface area contributed by atoms with Gasteiger partial charge >= 0.3 is 0 Å². The number of rotatable bonds is 5. The van der Waals surface area contributed by atoms with Crippen LogP contribution in [0.2, 0.25) is 0 Å². The predicted molar refractivity (Wildman–Crippen MR) is 84.4 cm³/mol. The highest BCUT2D eigenvalue weighted by Crippen LogP contribution is 2.40. The lowest BCUT2D eigenvalue weighted by atomic mass is 10.1. The summed E-state index contributed by atoms with van der Waals surface area (Å²) in [4.78, 5) is 4.62. The minimum Gasteiger partial charge on any atom is -0.493 e. The summed E-state index contributed by atoms with van der Waals surface area (Å²) < 4.78 is 16.0. The average Bonchev–Trinajstić information content (AvgIpc) is 2.54. The Morgan fingerprint density at radius 2 is 1.43 bits per heavy atom. The summed E-state index contributed by atoms with van der Waals surface area (Å²) in [5.74, 6) is 1.75. The smallest absolute Gasteiger partial charge is 0.203 e. The van der Waals surface area contributed by atoms with Gasteiger partial charge in [-0.2, -0.15) is 0 Å². The molecule has 2 aromatic carbocycles. The molecule has 0 saturated heterocycles. The number of ether oxygens (including phenoxy) is 3. The van der Waals surface area contributed by atoms with Gasteiger partial charge in [-0.1, -0.05) is 30.3 Å². The van der Waals surface area contributed by atoms with E-state index in [-0.39, 0.29) is 0 Å². The van der Waals surface area contributed by atoms with Crippen LogP contribution in [0.3, 0.4) is 0 Å². The van der Waals surface area contributed by atoms with Gasteiger partial charge in [-0.3, -0.25) is 4.99 Å². The highest BCUT2D eigenvalue weighted by Gasteiger charge is 2.13. The lowest BCUT2D eigenvalue weighted by molar-refractivity contribution is 0.324. The van der Waals surface area contributed by atoms with Crippen molar-refractivity contribution in [2.24, 2.45) is 4.99 Å². The fourth-order valence-corrected chi connectivity index (χ4v) is 2.07. The van der Waals surface area contributed by atoms with Gasteiger partial charge < -0.3 is 14.2 Å². The maximum absolute atomic E-state index is 5.33. The normalized spacial score (nSPS) is 11.1. The van der Waals surface area contributed by atoms with Crippen LogP contribution in [-0.4, -0.2) is 27.0 Å². The molecular formula is C17H19NO3. The molecule has 0 aliphatic rings. The van der Waals surface area contributed by atoms with E-state index in [1.807, 2.05) is 49.4 Å². The second-order valence-corrected chi connectivity index (χ2v) is 4.45. The predicted octanol–water partition coefficient (Wildman–Crippen LogP) is 3.85. The second-order valence-electron chi connectivity index (χ2n) is 4.45. The van der Waals surface area contributed by atoms with Gasteiger partial charge in [0.15, 0.2) is 11.5 Å². The molecule has 0 aliphatic carbocycles. The molecule has 110 valence electrons. The van der Waals surface area contributed by atoms with Gasteiger partial charge in [-0.05, 0) is 12.5 Å². The number of hydrogen-bond acceptors (Lipinski definition) is 4. The summed E-state index contributed by atoms with van der Waals surface area (Å²) in [6, 6.07) is 13.7. The third-order valence-corrected chi connectivity index (χ3v) is 3.14. The van der Waals surface area contributed by atoms with Gasteiger partial charge in [0, 0.05) is 17.8 Å². The Morgan fingerprint density at radius 3 is 1.90 bits per heavy atom. The molecular weight excluding hydrogens is 266 g/mol. The minimum absolute atomic E-state index is 0.566. The molecule has 0 bridgehead atoms. The van der Waals surface area contributed by atoms with E-state index < -0.39 is 0 Å². The standard InChI is InChI=1S/C17H19NO3/c1-12(13-8-6-5-7-9-13)18-14-10-15(19-2)17(21-4)16(11-14)20-3/h5-11H,1-4H3. The van der Waals surface area contributed by atoms with E-state index in [2.05, 4.69) is 4.99 Å². The average molecular weight is 285 g/mol. The highest BCUT2D eigenvalue weighted by atomic mass is 16.5. The molecule has 0 spiro atoms. The minimum atomic E-state index is 0.566. The van der Waals surface area contributed by atoms with Crippen molar-refractivity contribution >= 4 is 11.4 Å². The molecule has 21 heavy (non-hydrogen) atoms. The van der Waals surface area contributed by atoms with Crippen LogP contribution in [0.4, 0.5) is 5.69 Å². The van der Waals surface area contributed by atoms with Crippen molar-refractivity contribution in [2.45, 2.75) is 6.92 Å². The Balaban J connectivity index is 2.45. The molecule has 0 heterocycles. The number of methoxy groups -OCH3 is 3. The first-order valence-corrected chi connectivity index (χ1v) is 6.60. The molecule has 4 nitrogen and oxygen atoms in total. The Bertz CT molecular complexity index is 611. The Morgan fingerprint density at radius 1 is 0.857 bits per heavy atom. The van der Waals surface area contributed by atoms with E-state index >= 15 is 0 Å². The van der Waals surface area contributed by atoms with Gasteiger partial charge in [-0.15, -0.1) is 0 Å². The monoisotopic (exact) mass is 285 g/mol. The first-order chi connectivity index (χ1) is 10.2. The summed E-state index contributed by atoms with van der Waals surface area (Å²) in [6.45, 7) is 1.97. The van der Waals surface area contributed by atoms with Crippen LogP contribution in [-0.2, 0) is 0 Å². The molecule has 2 rings (SSSR count). The van der Waals surface area contributed by atoms with E-state index in [0.29, 0.717) is 17.2 Å². The van der Waals surface area contributed by atoms with Crippen LogP contribution in [0.15, 0.2) is 47.5 Å². The molecule has 0 amide bonds. The molecule has 0 radical (unpaired) electrons. The molecule has 0 unspecified atom stereocenters. The summed E-state index contributed by atoms with van der Waals surface area (Å²) in [7, 11) is 4.77. The zero-order valence-corrected chi connectivity index (χ0v) is 12.7. The van der Waals surface area contributed by atoms with Gasteiger partial charge in [0.25, 0.3) is 0 Å². The van der Waals surface area contributed by atoms with Crippen molar-refractivity contribution in [1.29, 1.82) is 0 Å². The van der Waals surface area contributed by atoms with Gasteiger partial charge in [0.2, 0.25) is 5.75 Å². The van der Waals surface area contributed by atoms with Crippen molar-refractivity contribution in [3.8, 4) is 17.2 Å². The Labute approximate surface area is 125 Å². The zero-order chi connectivity index (χ0) is 15.2. The van der Waals surface area contributed by atoms with Crippen molar-refractivity contribution in [3.63, 3.8) is 0 Å². The fraction of sp³-hybridized carbons (Fsp3) is 0.235. The number of aliphatic imine (C=N–C) groups is 1. The van der Waals surface area contributed by atoms with Crippen LogP contribution in [0.25, 0.3) is 0 Å². The topological polar surface area (TPSA) is 40.0 Å². The number of hydrogen-bond donors (Lipinski definition) is 0. The molecule has 0 fully saturated rings. The summed E-state index contributed by atoms with van der Waals surface area (Å²) in [6.07, 6.45) is 0. The molecule has 0 atom stereocenters. The summed E-state index contributed by atoms with van der Waals surface area (Å²) in [5, 5.41) is 0. The molecule has 0 aliphatic heterocycles. The van der Waals surface area contributed by atoms with Crippen molar-refractivity contribution in [2.75, 3.05) is 21.3 Å². The summed E-state index contributed by atoms with van der Waals surface area (Å²) in [5.41, 5.74) is 2.75. The molecule has 0 aromatic heterocycles. The zero-order valence-electron chi connectivity index (χ0n) is 12.7. The first-order valence-electron chi connectivity index (χ1n) is 6.60. The maximum Gasteiger partial charge on any atom is 0.203 e. The molecule has 0 N–H and O–H groups in total. The van der Waals surface area contributed by atoms with E-state index in [1.54, 1.807) is 21.3 Å². The highest BCUT2D eigenvalue weighted by molar-refractivity contribution is 6.00. The quantitative estimate of drug-likeness (QED) is 0.783. The third-order valence-electron chi connectivity index (χ3n) is 3.14. The van der Waals surface area contributed by atoms with E-state index in [1.165, 1.54) is 0 Å². The van der Waals surface area contributed by atoms with Crippen molar-refractivity contribution < 1.29 is 14.2 Å². The van der Waals surface area contributed by atoms with Gasteiger partial charge in [-0.25, -0.2) is 0 Å². The maximum atomic E-state index is 5.33. The summed E-state index contributed by atoms with van der Waals surface area (Å²) >= 11 is 0. The number of nitrogens with zero attached hydrogens (tertiary/aromatic N) is 1. The van der Waals surface area contributed by atoms with Crippen molar-refractivity contribution in [1.82, 2.24) is 0 Å². The van der Waals surface area contributed by atoms with Crippen LogP contribution < -0.4 is 14.2 Å². The third kappa shape index (κ3) is 3.34. The number of benzene rings is 2. The van der Waals surface area contributed by atoms with Crippen LogP contribution >= 0.6 is 0 Å². The van der Waals surface area contributed by atoms with Gasteiger partial charge in [0.1, 0.15) is 0 Å². The lowest BCUT2D eigenvalue weighted by Crippen LogP contribution is -1.96. The molecule has 4 heteroatoms. The molecule has 0 saturated carbocycles. The Hall–Kier alpha value is -2.49. The van der Waals surface area contributed by atoms with Gasteiger partial charge in [0.05, 0.1) is 27.0 Å². The largest absolute Gasteiger partial charge is 0.493 e.